The fourth-order valence-corrected chi connectivity index (χ4v) is 3.75. The monoisotopic (exact) mass is 360 g/mol. The average Bonchev–Trinajstić information content (AvgIpc) is 3.08. The zero-order chi connectivity index (χ0) is 16.9. The van der Waals surface area contributed by atoms with Gasteiger partial charge < -0.3 is 14.3 Å². The molecule has 6 nitrogen and oxygen atoms in total. The highest BCUT2D eigenvalue weighted by molar-refractivity contribution is 8.76. The minimum atomic E-state index is -0.404. The normalized spacial score (nSPS) is 10.5. The second kappa shape index (κ2) is 7.41. The summed E-state index contributed by atoms with van der Waals surface area (Å²) in [6.07, 6.45) is 0. The van der Waals surface area contributed by atoms with Crippen molar-refractivity contribution in [2.75, 3.05) is 7.11 Å². The summed E-state index contributed by atoms with van der Waals surface area (Å²) >= 11 is 0. The number of carbonyl (C=O) groups excluding carboxylic acids is 1. The number of phenols is 1. The topological polar surface area (TPSA) is 85.5 Å². The molecular formula is C16H12N2O4S2. The molecule has 0 aliphatic carbocycles. The molecule has 1 N–H and O–H groups in total. The van der Waals surface area contributed by atoms with E-state index in [-0.39, 0.29) is 11.6 Å². The second-order valence-corrected chi connectivity index (χ2v) is 6.67. The number of benzene rings is 2. The summed E-state index contributed by atoms with van der Waals surface area (Å²) in [4.78, 5) is 12.5. The van der Waals surface area contributed by atoms with E-state index in [2.05, 4.69) is 10.2 Å². The number of carbonyl (C=O) groups is 1. The molecule has 0 radical (unpaired) electrons. The van der Waals surface area contributed by atoms with E-state index in [0.717, 1.165) is 4.90 Å². The minimum absolute atomic E-state index is 0.0707. The summed E-state index contributed by atoms with van der Waals surface area (Å²) in [6, 6.07) is 13.8. The molecule has 0 amide bonds. The summed E-state index contributed by atoms with van der Waals surface area (Å²) in [5.74, 6) is -0.0991. The SMILES string of the molecule is COC(=O)c1ccccc1SSc1nnc(-c2ccccc2O)o1. The van der Waals surface area contributed by atoms with Crippen molar-refractivity contribution in [1.82, 2.24) is 10.2 Å². The zero-order valence-corrected chi connectivity index (χ0v) is 14.1. The summed E-state index contributed by atoms with van der Waals surface area (Å²) in [5, 5.41) is 18.0. The molecule has 0 spiro atoms. The first kappa shape index (κ1) is 16.4. The Labute approximate surface area is 145 Å². The molecule has 1 heterocycles. The fraction of sp³-hybridized carbons (Fsp3) is 0.0625. The first-order valence-corrected chi connectivity index (χ1v) is 8.98. The van der Waals surface area contributed by atoms with Gasteiger partial charge in [-0.2, -0.15) is 0 Å². The summed E-state index contributed by atoms with van der Waals surface area (Å²) in [6.45, 7) is 0. The molecule has 0 saturated carbocycles. The molecule has 3 aromatic rings. The highest BCUT2D eigenvalue weighted by Gasteiger charge is 2.15. The van der Waals surface area contributed by atoms with Crippen LogP contribution in [-0.4, -0.2) is 28.4 Å². The number of hydrogen-bond acceptors (Lipinski definition) is 8. The molecule has 24 heavy (non-hydrogen) atoms. The van der Waals surface area contributed by atoms with Crippen molar-refractivity contribution in [3.63, 3.8) is 0 Å². The van der Waals surface area contributed by atoms with E-state index < -0.39 is 5.97 Å². The molecule has 0 atom stereocenters. The third-order valence-corrected chi connectivity index (χ3v) is 5.18. The number of rotatable bonds is 5. The van der Waals surface area contributed by atoms with Crippen LogP contribution in [0.25, 0.3) is 11.5 Å². The molecule has 0 saturated heterocycles. The number of ether oxygens (including phenoxy) is 1. The van der Waals surface area contributed by atoms with E-state index in [1.54, 1.807) is 36.4 Å². The summed E-state index contributed by atoms with van der Waals surface area (Å²) in [7, 11) is 3.88. The van der Waals surface area contributed by atoms with Crippen molar-refractivity contribution < 1.29 is 19.1 Å². The van der Waals surface area contributed by atoms with Crippen LogP contribution in [0.5, 0.6) is 5.75 Å². The predicted octanol–water partition coefficient (Wildman–Crippen LogP) is 4.03. The maximum Gasteiger partial charge on any atom is 0.339 e. The number of hydrogen-bond donors (Lipinski definition) is 1. The van der Waals surface area contributed by atoms with Crippen LogP contribution in [0.1, 0.15) is 10.4 Å². The van der Waals surface area contributed by atoms with E-state index in [0.29, 0.717) is 16.3 Å². The molecule has 0 aliphatic heterocycles. The number of para-hydroxylation sites is 1. The molecular weight excluding hydrogens is 348 g/mol. The number of aromatic nitrogens is 2. The van der Waals surface area contributed by atoms with E-state index >= 15 is 0 Å². The van der Waals surface area contributed by atoms with Gasteiger partial charge in [-0.15, -0.1) is 5.10 Å². The summed E-state index contributed by atoms with van der Waals surface area (Å²) in [5.41, 5.74) is 0.940. The van der Waals surface area contributed by atoms with E-state index in [9.17, 15) is 9.90 Å². The van der Waals surface area contributed by atoms with Gasteiger partial charge in [-0.05, 0) is 35.1 Å². The van der Waals surface area contributed by atoms with E-state index in [1.807, 2.05) is 12.1 Å². The first-order chi connectivity index (χ1) is 11.7. The van der Waals surface area contributed by atoms with Crippen LogP contribution >= 0.6 is 21.6 Å². The fourth-order valence-electron chi connectivity index (χ4n) is 1.91. The Morgan fingerprint density at radius 2 is 1.83 bits per heavy atom. The van der Waals surface area contributed by atoms with Gasteiger partial charge in [0.05, 0.1) is 18.2 Å². The predicted molar refractivity (Wildman–Crippen MR) is 90.9 cm³/mol. The van der Waals surface area contributed by atoms with Gasteiger partial charge in [0.1, 0.15) is 5.75 Å². The Bertz CT molecular complexity index is 867. The van der Waals surface area contributed by atoms with Crippen LogP contribution in [0.4, 0.5) is 0 Å². The molecule has 8 heteroatoms. The van der Waals surface area contributed by atoms with Crippen LogP contribution < -0.4 is 0 Å². The third kappa shape index (κ3) is 3.55. The Morgan fingerprint density at radius 1 is 1.08 bits per heavy atom. The Balaban J connectivity index is 1.75. The second-order valence-electron chi connectivity index (χ2n) is 4.54. The standard InChI is InChI=1S/C16H12N2O4S2/c1-21-15(20)11-7-3-5-9-13(11)23-24-16-18-17-14(22-16)10-6-2-4-8-12(10)19/h2-9,19H,1H3. The highest BCUT2D eigenvalue weighted by atomic mass is 33.1. The van der Waals surface area contributed by atoms with Gasteiger partial charge in [-0.25, -0.2) is 4.79 Å². The Hall–Kier alpha value is -2.45. The van der Waals surface area contributed by atoms with Gasteiger partial charge in [-0.1, -0.05) is 29.4 Å². The smallest absolute Gasteiger partial charge is 0.339 e. The van der Waals surface area contributed by atoms with Crippen molar-refractivity contribution in [2.24, 2.45) is 0 Å². The number of aromatic hydroxyl groups is 1. The molecule has 0 unspecified atom stereocenters. The van der Waals surface area contributed by atoms with E-state index in [1.165, 1.54) is 28.7 Å². The Kier molecular flexibility index (Phi) is 5.07. The molecule has 1 aromatic heterocycles. The highest BCUT2D eigenvalue weighted by Crippen LogP contribution is 2.39. The van der Waals surface area contributed by atoms with Gasteiger partial charge in [-0.3, -0.25) is 0 Å². The average molecular weight is 360 g/mol. The van der Waals surface area contributed by atoms with Gasteiger partial charge in [0.15, 0.2) is 0 Å². The molecule has 2 aromatic carbocycles. The van der Waals surface area contributed by atoms with Crippen LogP contribution in [-0.2, 0) is 4.74 Å². The number of methoxy groups -OCH3 is 1. The van der Waals surface area contributed by atoms with Crippen molar-refractivity contribution in [2.45, 2.75) is 10.1 Å². The van der Waals surface area contributed by atoms with Crippen LogP contribution in [0.15, 0.2) is 63.1 Å². The van der Waals surface area contributed by atoms with Crippen LogP contribution in [0, 0.1) is 0 Å². The largest absolute Gasteiger partial charge is 0.507 e. The third-order valence-electron chi connectivity index (χ3n) is 3.04. The Morgan fingerprint density at radius 3 is 2.62 bits per heavy atom. The lowest BCUT2D eigenvalue weighted by Gasteiger charge is -2.04. The van der Waals surface area contributed by atoms with Gasteiger partial charge in [0.25, 0.3) is 11.1 Å². The number of phenolic OH excluding ortho intramolecular Hbond substituents is 1. The number of nitrogens with zero attached hydrogens (tertiary/aromatic N) is 2. The minimum Gasteiger partial charge on any atom is -0.507 e. The van der Waals surface area contributed by atoms with Gasteiger partial charge in [0, 0.05) is 15.7 Å². The van der Waals surface area contributed by atoms with Gasteiger partial charge in [0.2, 0.25) is 0 Å². The molecule has 0 fully saturated rings. The van der Waals surface area contributed by atoms with Gasteiger partial charge >= 0.3 is 5.97 Å². The van der Waals surface area contributed by atoms with Crippen molar-refractivity contribution in [3.05, 3.63) is 54.1 Å². The lowest BCUT2D eigenvalue weighted by Crippen LogP contribution is -2.02. The van der Waals surface area contributed by atoms with Crippen molar-refractivity contribution in [3.8, 4) is 17.2 Å². The molecule has 3 rings (SSSR count). The molecule has 0 bridgehead atoms. The van der Waals surface area contributed by atoms with E-state index in [4.69, 9.17) is 9.15 Å². The number of esters is 1. The lowest BCUT2D eigenvalue weighted by atomic mass is 10.2. The quantitative estimate of drug-likeness (QED) is 0.539. The maximum atomic E-state index is 11.7. The molecule has 0 aliphatic rings. The maximum absolute atomic E-state index is 11.7. The lowest BCUT2D eigenvalue weighted by molar-refractivity contribution is 0.0597. The van der Waals surface area contributed by atoms with Crippen LogP contribution in [0.3, 0.4) is 0 Å². The first-order valence-electron chi connectivity index (χ1n) is 6.83. The van der Waals surface area contributed by atoms with Crippen molar-refractivity contribution in [1.29, 1.82) is 0 Å². The zero-order valence-electron chi connectivity index (χ0n) is 12.5. The summed E-state index contributed by atoms with van der Waals surface area (Å²) < 4.78 is 10.3. The van der Waals surface area contributed by atoms with Crippen LogP contribution in [0.2, 0.25) is 0 Å². The van der Waals surface area contributed by atoms with Crippen molar-refractivity contribution >= 4 is 27.6 Å². The molecule has 122 valence electrons.